The van der Waals surface area contributed by atoms with Crippen LogP contribution in [0.3, 0.4) is 0 Å². The van der Waals surface area contributed by atoms with E-state index in [4.69, 9.17) is 9.47 Å². The molecule has 74 valence electrons. The molecule has 0 aliphatic carbocycles. The van der Waals surface area contributed by atoms with E-state index in [-0.39, 0.29) is 12.1 Å². The Balaban J connectivity index is 2.53. The van der Waals surface area contributed by atoms with Gasteiger partial charge in [0.2, 0.25) is 0 Å². The molecule has 0 aromatic rings. The van der Waals surface area contributed by atoms with Crippen molar-refractivity contribution in [2.45, 2.75) is 33.3 Å². The molecule has 3 heteroatoms. The van der Waals surface area contributed by atoms with Crippen molar-refractivity contribution in [1.29, 1.82) is 0 Å². The minimum Gasteiger partial charge on any atom is -0.464 e. The third-order valence-electron chi connectivity index (χ3n) is 2.27. The van der Waals surface area contributed by atoms with Gasteiger partial charge in [-0.15, -0.1) is 0 Å². The van der Waals surface area contributed by atoms with E-state index < -0.39 is 0 Å². The zero-order chi connectivity index (χ0) is 9.84. The second kappa shape index (κ2) is 4.42. The summed E-state index contributed by atoms with van der Waals surface area (Å²) in [4.78, 5) is 11.3. The monoisotopic (exact) mass is 184 g/mol. The molecule has 1 heterocycles. The van der Waals surface area contributed by atoms with E-state index in [9.17, 15) is 4.79 Å². The molecule has 1 atom stereocenters. The van der Waals surface area contributed by atoms with Gasteiger partial charge in [0, 0.05) is 6.42 Å². The lowest BCUT2D eigenvalue weighted by molar-refractivity contribution is -0.156. The van der Waals surface area contributed by atoms with E-state index in [1.54, 1.807) is 6.92 Å². The van der Waals surface area contributed by atoms with Gasteiger partial charge in [-0.3, -0.25) is 0 Å². The number of carbonyl (C=O) groups is 1. The van der Waals surface area contributed by atoms with E-state index >= 15 is 0 Å². The average molecular weight is 184 g/mol. The van der Waals surface area contributed by atoms with Crippen molar-refractivity contribution in [3.63, 3.8) is 0 Å². The molecule has 1 rings (SSSR count). The van der Waals surface area contributed by atoms with Crippen molar-refractivity contribution in [2.24, 2.45) is 0 Å². The number of rotatable bonds is 2. The standard InChI is InChI=1S/C10H16O3/c1-4-12-10(11)9-5-7(2)8(3)6-13-9/h9H,4-6H2,1-3H3/t9-/m0/s1. The first kappa shape index (κ1) is 10.3. The van der Waals surface area contributed by atoms with E-state index in [2.05, 4.69) is 0 Å². The first-order valence-corrected chi connectivity index (χ1v) is 4.58. The highest BCUT2D eigenvalue weighted by Crippen LogP contribution is 2.20. The van der Waals surface area contributed by atoms with Crippen LogP contribution in [0.15, 0.2) is 11.1 Å². The molecule has 1 aliphatic heterocycles. The summed E-state index contributed by atoms with van der Waals surface area (Å²) in [7, 11) is 0. The summed E-state index contributed by atoms with van der Waals surface area (Å²) in [5, 5.41) is 0. The van der Waals surface area contributed by atoms with Crippen LogP contribution in [0, 0.1) is 0 Å². The number of carbonyl (C=O) groups excluding carboxylic acids is 1. The van der Waals surface area contributed by atoms with Crippen molar-refractivity contribution in [1.82, 2.24) is 0 Å². The summed E-state index contributed by atoms with van der Waals surface area (Å²) in [6.45, 7) is 6.82. The van der Waals surface area contributed by atoms with Crippen LogP contribution in [0.2, 0.25) is 0 Å². The minimum atomic E-state index is -0.386. The van der Waals surface area contributed by atoms with Gasteiger partial charge in [-0.25, -0.2) is 4.79 Å². The molecule has 0 N–H and O–H groups in total. The van der Waals surface area contributed by atoms with Crippen LogP contribution in [0.1, 0.15) is 27.2 Å². The molecule has 0 radical (unpaired) electrons. The van der Waals surface area contributed by atoms with Gasteiger partial charge in [0.05, 0.1) is 13.2 Å². The Kier molecular flexibility index (Phi) is 3.48. The van der Waals surface area contributed by atoms with Crippen LogP contribution in [0.25, 0.3) is 0 Å². The Bertz CT molecular complexity index is 230. The largest absolute Gasteiger partial charge is 0.464 e. The Labute approximate surface area is 78.7 Å². The van der Waals surface area contributed by atoms with Gasteiger partial charge in [-0.1, -0.05) is 5.57 Å². The smallest absolute Gasteiger partial charge is 0.335 e. The molecule has 0 amide bonds. The maximum absolute atomic E-state index is 11.3. The molecule has 0 aromatic heterocycles. The highest BCUT2D eigenvalue weighted by atomic mass is 16.6. The van der Waals surface area contributed by atoms with Crippen LogP contribution in [0.4, 0.5) is 0 Å². The fourth-order valence-corrected chi connectivity index (χ4v) is 1.25. The van der Waals surface area contributed by atoms with Gasteiger partial charge < -0.3 is 9.47 Å². The molecule has 0 spiro atoms. The average Bonchev–Trinajstić information content (AvgIpc) is 2.10. The van der Waals surface area contributed by atoms with Crippen molar-refractivity contribution in [2.75, 3.05) is 13.2 Å². The molecular formula is C10H16O3. The Morgan fingerprint density at radius 1 is 1.54 bits per heavy atom. The van der Waals surface area contributed by atoms with Gasteiger partial charge in [0.1, 0.15) is 0 Å². The molecule has 1 aliphatic rings. The van der Waals surface area contributed by atoms with Crippen LogP contribution in [-0.4, -0.2) is 25.3 Å². The summed E-state index contributed by atoms with van der Waals surface area (Å²) in [6.07, 6.45) is 0.286. The zero-order valence-electron chi connectivity index (χ0n) is 8.42. The van der Waals surface area contributed by atoms with Gasteiger partial charge in [0.25, 0.3) is 0 Å². The molecule has 0 fully saturated rings. The normalized spacial score (nSPS) is 23.2. The third kappa shape index (κ3) is 2.56. The summed E-state index contributed by atoms with van der Waals surface area (Å²) in [6, 6.07) is 0. The second-order valence-electron chi connectivity index (χ2n) is 3.32. The Morgan fingerprint density at radius 2 is 2.23 bits per heavy atom. The van der Waals surface area contributed by atoms with Crippen LogP contribution >= 0.6 is 0 Å². The van der Waals surface area contributed by atoms with Crippen LogP contribution in [-0.2, 0) is 14.3 Å². The predicted molar refractivity (Wildman–Crippen MR) is 49.4 cm³/mol. The van der Waals surface area contributed by atoms with Crippen LogP contribution < -0.4 is 0 Å². The first-order chi connectivity index (χ1) is 6.15. The lowest BCUT2D eigenvalue weighted by atomic mass is 10.0. The topological polar surface area (TPSA) is 35.5 Å². The lowest BCUT2D eigenvalue weighted by Gasteiger charge is -2.23. The summed E-state index contributed by atoms with van der Waals surface area (Å²) < 4.78 is 10.2. The van der Waals surface area contributed by atoms with E-state index in [1.165, 1.54) is 11.1 Å². The Morgan fingerprint density at radius 3 is 2.77 bits per heavy atom. The van der Waals surface area contributed by atoms with Crippen LogP contribution in [0.5, 0.6) is 0 Å². The Hall–Kier alpha value is -0.830. The molecule has 0 saturated heterocycles. The lowest BCUT2D eigenvalue weighted by Crippen LogP contribution is -2.30. The van der Waals surface area contributed by atoms with Crippen molar-refractivity contribution in [3.05, 3.63) is 11.1 Å². The fourth-order valence-electron chi connectivity index (χ4n) is 1.25. The third-order valence-corrected chi connectivity index (χ3v) is 2.27. The van der Waals surface area contributed by atoms with E-state index in [1.807, 2.05) is 13.8 Å². The molecular weight excluding hydrogens is 168 g/mol. The zero-order valence-corrected chi connectivity index (χ0v) is 8.42. The van der Waals surface area contributed by atoms with Crippen molar-refractivity contribution in [3.8, 4) is 0 Å². The quantitative estimate of drug-likeness (QED) is 0.484. The van der Waals surface area contributed by atoms with Gasteiger partial charge in [-0.05, 0) is 26.3 Å². The maximum atomic E-state index is 11.3. The molecule has 0 aromatic carbocycles. The number of hydrogen-bond donors (Lipinski definition) is 0. The summed E-state index contributed by atoms with van der Waals surface area (Å²) >= 11 is 0. The predicted octanol–water partition coefficient (Wildman–Crippen LogP) is 1.67. The van der Waals surface area contributed by atoms with Crippen molar-refractivity contribution >= 4 is 5.97 Å². The highest BCUT2D eigenvalue weighted by Gasteiger charge is 2.24. The summed E-state index contributed by atoms with van der Waals surface area (Å²) in [5.41, 5.74) is 2.46. The van der Waals surface area contributed by atoms with E-state index in [0.717, 1.165) is 0 Å². The van der Waals surface area contributed by atoms with Crippen molar-refractivity contribution < 1.29 is 14.3 Å². The van der Waals surface area contributed by atoms with Gasteiger partial charge >= 0.3 is 5.97 Å². The molecule has 0 bridgehead atoms. The number of ether oxygens (including phenoxy) is 2. The van der Waals surface area contributed by atoms with Gasteiger partial charge in [0.15, 0.2) is 6.10 Å². The second-order valence-corrected chi connectivity index (χ2v) is 3.32. The fraction of sp³-hybridized carbons (Fsp3) is 0.700. The molecule has 13 heavy (non-hydrogen) atoms. The highest BCUT2D eigenvalue weighted by molar-refractivity contribution is 5.75. The van der Waals surface area contributed by atoms with E-state index in [0.29, 0.717) is 19.6 Å². The SMILES string of the molecule is CCOC(=O)[C@@H]1CC(C)=C(C)CO1. The maximum Gasteiger partial charge on any atom is 0.335 e. The molecule has 0 unspecified atom stereocenters. The minimum absolute atomic E-state index is 0.241. The molecule has 3 nitrogen and oxygen atoms in total. The molecule has 0 saturated carbocycles. The van der Waals surface area contributed by atoms with Gasteiger partial charge in [-0.2, -0.15) is 0 Å². The number of hydrogen-bond acceptors (Lipinski definition) is 3. The first-order valence-electron chi connectivity index (χ1n) is 4.58. The number of esters is 1. The summed E-state index contributed by atoms with van der Waals surface area (Å²) in [5.74, 6) is -0.241.